The molecule has 1 radical (unpaired) electrons. The van der Waals surface area contributed by atoms with Crippen LogP contribution in [0.25, 0.3) is 0 Å². The van der Waals surface area contributed by atoms with Gasteiger partial charge < -0.3 is 0 Å². The summed E-state index contributed by atoms with van der Waals surface area (Å²) in [4.78, 5) is 0.673. The van der Waals surface area contributed by atoms with E-state index in [0.717, 1.165) is 0 Å². The molecule has 0 aliphatic rings. The zero-order valence-corrected chi connectivity index (χ0v) is 6.95. The van der Waals surface area contributed by atoms with E-state index in [2.05, 4.69) is 0 Å². The molecule has 13 heavy (non-hydrogen) atoms. The highest BCUT2D eigenvalue weighted by Gasteiger charge is 1.85. The summed E-state index contributed by atoms with van der Waals surface area (Å²) in [6.07, 6.45) is 0. The van der Waals surface area contributed by atoms with Crippen LogP contribution < -0.4 is 0 Å². The number of rotatable bonds is 0. The van der Waals surface area contributed by atoms with Crippen LogP contribution in [0.1, 0.15) is 0 Å². The Balaban J connectivity index is -0.0000000427. The maximum absolute atomic E-state index is 12.0. The van der Waals surface area contributed by atoms with Crippen LogP contribution >= 0.6 is 12.6 Å². The normalized spacial score (nSPS) is 5.62. The minimum Gasteiger partial charge on any atom is -0.269 e. The fourth-order valence-corrected chi connectivity index (χ4v) is 0.571. The van der Waals surface area contributed by atoms with Crippen molar-refractivity contribution in [1.82, 2.24) is 0 Å². The van der Waals surface area contributed by atoms with Gasteiger partial charge in [-0.25, -0.2) is 4.39 Å². The molecule has 1 rings (SSSR count). The molecule has 0 fully saturated rings. The van der Waals surface area contributed by atoms with E-state index in [-0.39, 0.29) is 29.3 Å². The second kappa shape index (κ2) is 13.6. The Bertz CT molecular complexity index is 156. The Labute approximate surface area is 76.4 Å². The third-order valence-corrected chi connectivity index (χ3v) is 1.09. The summed E-state index contributed by atoms with van der Waals surface area (Å²) in [5.41, 5.74) is 0. The lowest BCUT2D eigenvalue weighted by Crippen LogP contribution is -1.68. The van der Waals surface area contributed by atoms with Crippen molar-refractivity contribution in [3.05, 3.63) is 30.1 Å². The van der Waals surface area contributed by atoms with Gasteiger partial charge in [-0.15, -0.1) is 0 Å². The largest absolute Gasteiger partial charge is 0.269 e. The molecular formula is C6H9F6S. The molecule has 0 amide bonds. The van der Waals surface area contributed by atoms with Crippen LogP contribution in [0.2, 0.25) is 0 Å². The van der Waals surface area contributed by atoms with Gasteiger partial charge >= 0.3 is 0 Å². The van der Waals surface area contributed by atoms with Gasteiger partial charge in [-0.1, -0.05) is 12.6 Å². The second-order valence-corrected chi connectivity index (χ2v) is 1.93. The summed E-state index contributed by atoms with van der Waals surface area (Å²) in [7, 11) is 0. The Morgan fingerprint density at radius 2 is 1.08 bits per heavy atom. The van der Waals surface area contributed by atoms with Gasteiger partial charge in [-0.3, -0.25) is 23.5 Å². The van der Waals surface area contributed by atoms with Gasteiger partial charge in [0.25, 0.3) is 0 Å². The number of hydrogen-bond donors (Lipinski definition) is 0. The van der Waals surface area contributed by atoms with Crippen molar-refractivity contribution < 1.29 is 27.9 Å². The summed E-state index contributed by atoms with van der Waals surface area (Å²) in [5, 5.41) is 0. The Hall–Kier alpha value is -0.980. The number of hydrogen-bond acceptors (Lipinski definition) is 0. The summed E-state index contributed by atoms with van der Waals surface area (Å²) in [6.45, 7) is 0. The lowest BCUT2D eigenvalue weighted by atomic mass is 10.4. The molecule has 1 aromatic carbocycles. The molecule has 7 heteroatoms. The monoisotopic (exact) mass is 227 g/mol. The van der Waals surface area contributed by atoms with E-state index >= 15 is 0 Å². The molecule has 0 spiro atoms. The van der Waals surface area contributed by atoms with Crippen molar-refractivity contribution >= 4 is 12.6 Å². The number of halogens is 6. The first-order valence-corrected chi connectivity index (χ1v) is 2.62. The fourth-order valence-electron chi connectivity index (χ4n) is 0.435. The Kier molecular flexibility index (Phi) is 31.0. The van der Waals surface area contributed by atoms with Crippen molar-refractivity contribution in [1.29, 1.82) is 0 Å². The molecule has 0 N–H and O–H groups in total. The van der Waals surface area contributed by atoms with E-state index in [0.29, 0.717) is 4.90 Å². The van der Waals surface area contributed by atoms with Crippen LogP contribution in [0.15, 0.2) is 29.2 Å². The van der Waals surface area contributed by atoms with E-state index in [1.165, 1.54) is 12.1 Å². The minimum atomic E-state index is -0.237. The summed E-state index contributed by atoms with van der Waals surface area (Å²) in [5.74, 6) is -0.237. The smallest absolute Gasteiger partial charge is 0.123 e. The predicted octanol–water partition coefficient (Wildman–Crippen LogP) is 3.14. The van der Waals surface area contributed by atoms with Gasteiger partial charge in [0.1, 0.15) is 5.82 Å². The molecule has 0 saturated heterocycles. The maximum Gasteiger partial charge on any atom is 0.123 e. The lowest BCUT2D eigenvalue weighted by molar-refractivity contribution is 0.626. The van der Waals surface area contributed by atoms with Crippen molar-refractivity contribution in [3.8, 4) is 0 Å². The third kappa shape index (κ3) is 11.0. The first-order chi connectivity index (χ1) is 3.79. The van der Waals surface area contributed by atoms with Crippen LogP contribution in [-0.4, -0.2) is 0 Å². The molecule has 0 atom stereocenters. The van der Waals surface area contributed by atoms with Gasteiger partial charge in [0.2, 0.25) is 0 Å². The highest BCUT2D eigenvalue weighted by atomic mass is 32.1. The minimum absolute atomic E-state index is 0. The van der Waals surface area contributed by atoms with Gasteiger partial charge in [0, 0.05) is 4.90 Å². The molecule has 0 unspecified atom stereocenters. The van der Waals surface area contributed by atoms with Gasteiger partial charge in [0.05, 0.1) is 0 Å². The van der Waals surface area contributed by atoms with Crippen LogP contribution in [0.4, 0.5) is 27.9 Å². The highest BCUT2D eigenvalue weighted by molar-refractivity contribution is 7.80. The number of benzene rings is 1. The average Bonchev–Trinajstić information content (AvgIpc) is 1.77. The molecule has 0 heterocycles. The Morgan fingerprint density at radius 3 is 1.31 bits per heavy atom. The van der Waals surface area contributed by atoms with E-state index in [9.17, 15) is 4.39 Å². The summed E-state index contributed by atoms with van der Waals surface area (Å²) in [6, 6.07) is 5.82. The average molecular weight is 227 g/mol. The molecule has 0 aliphatic carbocycles. The molecular weight excluding hydrogens is 218 g/mol. The quantitative estimate of drug-likeness (QED) is 0.597. The maximum atomic E-state index is 12.0. The van der Waals surface area contributed by atoms with Crippen LogP contribution in [-0.2, 0) is 0 Å². The zero-order chi connectivity index (χ0) is 5.98. The van der Waals surface area contributed by atoms with Crippen molar-refractivity contribution in [2.24, 2.45) is 0 Å². The predicted molar refractivity (Wildman–Crippen MR) is 44.8 cm³/mol. The van der Waals surface area contributed by atoms with Gasteiger partial charge in [0.15, 0.2) is 0 Å². The molecule has 81 valence electrons. The van der Waals surface area contributed by atoms with Crippen LogP contribution in [0, 0.1) is 5.82 Å². The molecule has 0 aliphatic heterocycles. The lowest BCUT2D eigenvalue weighted by Gasteiger charge is -1.85. The second-order valence-electron chi connectivity index (χ2n) is 1.45. The van der Waals surface area contributed by atoms with Crippen molar-refractivity contribution in [2.75, 3.05) is 0 Å². The van der Waals surface area contributed by atoms with Crippen molar-refractivity contribution in [2.45, 2.75) is 4.90 Å². The van der Waals surface area contributed by atoms with E-state index in [1.54, 1.807) is 12.1 Å². The summed E-state index contributed by atoms with van der Waals surface area (Å²) >= 11 is 4.70. The van der Waals surface area contributed by atoms with E-state index in [4.69, 9.17) is 12.6 Å². The van der Waals surface area contributed by atoms with Gasteiger partial charge in [-0.05, 0) is 24.3 Å². The molecule has 0 bridgehead atoms. The Morgan fingerprint density at radius 1 is 0.769 bits per heavy atom. The first kappa shape index (κ1) is 29.6. The fraction of sp³-hybridized carbons (Fsp3) is 0. The SMILES string of the molecule is F.F.F.F.F.Fc1ccc([S])cc1. The van der Waals surface area contributed by atoms with E-state index in [1.807, 2.05) is 0 Å². The molecule has 0 nitrogen and oxygen atoms in total. The standard InChI is InChI=1S/C6H4FS.5FH/c7-5-1-3-6(8)4-2-5;;;;;/h1-4H;5*1H. The van der Waals surface area contributed by atoms with Crippen LogP contribution in [0.3, 0.4) is 0 Å². The topological polar surface area (TPSA) is 0 Å². The molecule has 1 aromatic rings. The third-order valence-electron chi connectivity index (χ3n) is 0.814. The van der Waals surface area contributed by atoms with Crippen molar-refractivity contribution in [3.63, 3.8) is 0 Å². The highest BCUT2D eigenvalue weighted by Crippen LogP contribution is 2.04. The molecule has 0 aromatic heterocycles. The first-order valence-electron chi connectivity index (χ1n) is 2.21. The van der Waals surface area contributed by atoms with Gasteiger partial charge in [-0.2, -0.15) is 0 Å². The van der Waals surface area contributed by atoms with Crippen LogP contribution in [0.5, 0.6) is 0 Å². The zero-order valence-electron chi connectivity index (χ0n) is 6.14. The molecule has 0 saturated carbocycles. The summed E-state index contributed by atoms with van der Waals surface area (Å²) < 4.78 is 12.0. The van der Waals surface area contributed by atoms with E-state index < -0.39 is 0 Å².